The zero-order chi connectivity index (χ0) is 15.0. The summed E-state index contributed by atoms with van der Waals surface area (Å²) in [5, 5.41) is 10.6. The van der Waals surface area contributed by atoms with E-state index in [9.17, 15) is 9.90 Å². The van der Waals surface area contributed by atoms with Gasteiger partial charge >= 0.3 is 0 Å². The standard InChI is InChI=1S/C17H27NO2/c1-4-7-13-15(17(20)18(5-2)6-3)16(19)14-11-9-8-10-12-14/h8-12,15-16,19H,4-7,13H2,1-3H3. The van der Waals surface area contributed by atoms with Gasteiger partial charge in [0.25, 0.3) is 0 Å². The Kier molecular flexibility index (Phi) is 7.31. The quantitative estimate of drug-likeness (QED) is 0.791. The Hall–Kier alpha value is -1.35. The van der Waals surface area contributed by atoms with Crippen LogP contribution >= 0.6 is 0 Å². The van der Waals surface area contributed by atoms with E-state index in [1.54, 1.807) is 0 Å². The molecule has 112 valence electrons. The van der Waals surface area contributed by atoms with E-state index in [2.05, 4.69) is 6.92 Å². The zero-order valence-electron chi connectivity index (χ0n) is 12.9. The smallest absolute Gasteiger partial charge is 0.228 e. The first kappa shape index (κ1) is 16.7. The van der Waals surface area contributed by atoms with Gasteiger partial charge < -0.3 is 10.0 Å². The second-order valence-electron chi connectivity index (χ2n) is 5.11. The monoisotopic (exact) mass is 277 g/mol. The SMILES string of the molecule is CCCCC(C(=O)N(CC)CC)C(O)c1ccccc1. The number of hydrogen-bond acceptors (Lipinski definition) is 2. The highest BCUT2D eigenvalue weighted by molar-refractivity contribution is 5.79. The van der Waals surface area contributed by atoms with Gasteiger partial charge in [0.15, 0.2) is 0 Å². The summed E-state index contributed by atoms with van der Waals surface area (Å²) >= 11 is 0. The van der Waals surface area contributed by atoms with E-state index in [1.165, 1.54) is 0 Å². The summed E-state index contributed by atoms with van der Waals surface area (Å²) in [6.45, 7) is 7.45. The molecule has 0 saturated carbocycles. The summed E-state index contributed by atoms with van der Waals surface area (Å²) in [7, 11) is 0. The lowest BCUT2D eigenvalue weighted by molar-refractivity contribution is -0.139. The van der Waals surface area contributed by atoms with Crippen LogP contribution < -0.4 is 0 Å². The molecule has 2 unspecified atom stereocenters. The van der Waals surface area contributed by atoms with E-state index >= 15 is 0 Å². The summed E-state index contributed by atoms with van der Waals surface area (Å²) in [4.78, 5) is 14.4. The minimum atomic E-state index is -0.712. The van der Waals surface area contributed by atoms with E-state index in [4.69, 9.17) is 0 Å². The number of amides is 1. The van der Waals surface area contributed by atoms with Crippen LogP contribution in [-0.4, -0.2) is 29.0 Å². The second kappa shape index (κ2) is 8.75. The molecule has 0 spiro atoms. The number of benzene rings is 1. The predicted octanol–water partition coefficient (Wildman–Crippen LogP) is 3.39. The van der Waals surface area contributed by atoms with Gasteiger partial charge in [0, 0.05) is 13.1 Å². The molecule has 1 N–H and O–H groups in total. The highest BCUT2D eigenvalue weighted by Crippen LogP contribution is 2.28. The Morgan fingerprint density at radius 2 is 1.75 bits per heavy atom. The Labute approximate surface area is 122 Å². The number of nitrogens with zero attached hydrogens (tertiary/aromatic N) is 1. The number of aliphatic hydroxyl groups is 1. The van der Waals surface area contributed by atoms with E-state index in [0.717, 1.165) is 24.8 Å². The number of rotatable bonds is 8. The average molecular weight is 277 g/mol. The van der Waals surface area contributed by atoms with E-state index < -0.39 is 6.10 Å². The fourth-order valence-electron chi connectivity index (χ4n) is 2.49. The second-order valence-corrected chi connectivity index (χ2v) is 5.11. The molecule has 20 heavy (non-hydrogen) atoms. The molecule has 0 heterocycles. The number of hydrogen-bond donors (Lipinski definition) is 1. The Bertz CT molecular complexity index is 387. The molecule has 0 aliphatic heterocycles. The van der Waals surface area contributed by atoms with Crippen molar-refractivity contribution in [2.24, 2.45) is 5.92 Å². The van der Waals surface area contributed by atoms with Crippen LogP contribution in [-0.2, 0) is 4.79 Å². The molecule has 1 aromatic carbocycles. The first-order valence-electron chi connectivity index (χ1n) is 7.67. The average Bonchev–Trinajstić information content (AvgIpc) is 2.49. The minimum absolute atomic E-state index is 0.0693. The first-order valence-corrected chi connectivity index (χ1v) is 7.67. The van der Waals surface area contributed by atoms with Crippen LogP contribution in [0.3, 0.4) is 0 Å². The number of aliphatic hydroxyl groups excluding tert-OH is 1. The van der Waals surface area contributed by atoms with Gasteiger partial charge in [0.2, 0.25) is 5.91 Å². The molecule has 1 aromatic rings. The molecule has 3 heteroatoms. The van der Waals surface area contributed by atoms with Crippen LogP contribution in [0.1, 0.15) is 51.7 Å². The molecule has 0 bridgehead atoms. The molecule has 0 aromatic heterocycles. The summed E-state index contributed by atoms with van der Waals surface area (Å²) in [5.74, 6) is -0.267. The molecule has 3 nitrogen and oxygen atoms in total. The molecule has 1 amide bonds. The molecular weight excluding hydrogens is 250 g/mol. The van der Waals surface area contributed by atoms with Gasteiger partial charge in [-0.15, -0.1) is 0 Å². The number of carbonyl (C=O) groups is 1. The third-order valence-corrected chi connectivity index (χ3v) is 3.78. The van der Waals surface area contributed by atoms with Gasteiger partial charge in [0.1, 0.15) is 0 Å². The van der Waals surface area contributed by atoms with E-state index in [0.29, 0.717) is 13.1 Å². The topological polar surface area (TPSA) is 40.5 Å². The Morgan fingerprint density at radius 1 is 1.15 bits per heavy atom. The Balaban J connectivity index is 2.90. The van der Waals surface area contributed by atoms with Crippen molar-refractivity contribution >= 4 is 5.91 Å². The van der Waals surface area contributed by atoms with Crippen molar-refractivity contribution in [1.82, 2.24) is 4.90 Å². The minimum Gasteiger partial charge on any atom is -0.388 e. The van der Waals surface area contributed by atoms with Crippen LogP contribution in [0.25, 0.3) is 0 Å². The van der Waals surface area contributed by atoms with Crippen LogP contribution in [0.5, 0.6) is 0 Å². The lowest BCUT2D eigenvalue weighted by Crippen LogP contribution is -2.38. The third kappa shape index (κ3) is 4.34. The van der Waals surface area contributed by atoms with Crippen molar-refractivity contribution in [2.75, 3.05) is 13.1 Å². The van der Waals surface area contributed by atoms with Crippen LogP contribution in [0.2, 0.25) is 0 Å². The lowest BCUT2D eigenvalue weighted by Gasteiger charge is -2.28. The normalized spacial score (nSPS) is 13.8. The van der Waals surface area contributed by atoms with Gasteiger partial charge in [0.05, 0.1) is 12.0 Å². The van der Waals surface area contributed by atoms with Gasteiger partial charge in [-0.25, -0.2) is 0 Å². The summed E-state index contributed by atoms with van der Waals surface area (Å²) in [5.41, 5.74) is 0.828. The van der Waals surface area contributed by atoms with Gasteiger partial charge in [-0.05, 0) is 25.8 Å². The molecule has 2 atom stereocenters. The largest absolute Gasteiger partial charge is 0.388 e. The number of carbonyl (C=O) groups excluding carboxylic acids is 1. The van der Waals surface area contributed by atoms with Crippen molar-refractivity contribution in [3.05, 3.63) is 35.9 Å². The van der Waals surface area contributed by atoms with Crippen molar-refractivity contribution in [3.8, 4) is 0 Å². The van der Waals surface area contributed by atoms with Gasteiger partial charge in [-0.1, -0.05) is 50.1 Å². The van der Waals surface area contributed by atoms with Crippen molar-refractivity contribution < 1.29 is 9.90 Å². The maximum Gasteiger partial charge on any atom is 0.228 e. The summed E-state index contributed by atoms with van der Waals surface area (Å²) in [6.07, 6.45) is 2.02. The third-order valence-electron chi connectivity index (χ3n) is 3.78. The van der Waals surface area contributed by atoms with Gasteiger partial charge in [-0.3, -0.25) is 4.79 Å². The first-order chi connectivity index (χ1) is 9.65. The van der Waals surface area contributed by atoms with Crippen molar-refractivity contribution in [2.45, 2.75) is 46.1 Å². The summed E-state index contributed by atoms with van der Waals surface area (Å²) < 4.78 is 0. The maximum atomic E-state index is 12.6. The van der Waals surface area contributed by atoms with Crippen LogP contribution in [0.15, 0.2) is 30.3 Å². The molecule has 0 radical (unpaired) electrons. The maximum absolute atomic E-state index is 12.6. The highest BCUT2D eigenvalue weighted by atomic mass is 16.3. The highest BCUT2D eigenvalue weighted by Gasteiger charge is 2.29. The van der Waals surface area contributed by atoms with Crippen molar-refractivity contribution in [1.29, 1.82) is 0 Å². The lowest BCUT2D eigenvalue weighted by atomic mass is 9.90. The predicted molar refractivity (Wildman–Crippen MR) is 82.3 cm³/mol. The van der Waals surface area contributed by atoms with Crippen LogP contribution in [0.4, 0.5) is 0 Å². The van der Waals surface area contributed by atoms with E-state index in [1.807, 2.05) is 49.1 Å². The molecule has 0 aliphatic carbocycles. The fourth-order valence-corrected chi connectivity index (χ4v) is 2.49. The van der Waals surface area contributed by atoms with E-state index in [-0.39, 0.29) is 11.8 Å². The zero-order valence-corrected chi connectivity index (χ0v) is 12.9. The van der Waals surface area contributed by atoms with Crippen LogP contribution in [0, 0.1) is 5.92 Å². The number of unbranched alkanes of at least 4 members (excludes halogenated alkanes) is 1. The molecule has 1 rings (SSSR count). The van der Waals surface area contributed by atoms with Crippen molar-refractivity contribution in [3.63, 3.8) is 0 Å². The Morgan fingerprint density at radius 3 is 2.25 bits per heavy atom. The molecular formula is C17H27NO2. The summed E-state index contributed by atoms with van der Waals surface area (Å²) in [6, 6.07) is 9.50. The van der Waals surface area contributed by atoms with Gasteiger partial charge in [-0.2, -0.15) is 0 Å². The molecule has 0 saturated heterocycles. The molecule has 0 fully saturated rings. The fraction of sp³-hybridized carbons (Fsp3) is 0.588. The molecule has 0 aliphatic rings.